The number of thiophene rings is 1. The lowest BCUT2D eigenvalue weighted by molar-refractivity contribution is -0.124. The van der Waals surface area contributed by atoms with E-state index in [2.05, 4.69) is 17.0 Å². The Balaban J connectivity index is 1.48. The van der Waals surface area contributed by atoms with Gasteiger partial charge >= 0.3 is 5.97 Å². The first-order chi connectivity index (χ1) is 18.4. The van der Waals surface area contributed by atoms with Crippen LogP contribution in [0.5, 0.6) is 0 Å². The third-order valence-electron chi connectivity index (χ3n) is 7.32. The first-order valence-electron chi connectivity index (χ1n) is 13.0. The van der Waals surface area contributed by atoms with E-state index in [9.17, 15) is 14.7 Å². The minimum atomic E-state index is -1.04. The highest BCUT2D eigenvalue weighted by atomic mass is 32.1. The van der Waals surface area contributed by atoms with Gasteiger partial charge < -0.3 is 14.7 Å². The number of carboxylic acid groups (broad SMARTS) is 1. The Morgan fingerprint density at radius 2 is 1.87 bits per heavy atom. The second-order valence-electron chi connectivity index (χ2n) is 10.1. The number of carbonyl (C=O) groups excluding carboxylic acids is 1. The fraction of sp³-hybridized carbons (Fsp3) is 0.379. The van der Waals surface area contributed by atoms with Crippen LogP contribution in [0.25, 0.3) is 27.3 Å². The van der Waals surface area contributed by atoms with Crippen molar-refractivity contribution in [3.63, 3.8) is 0 Å². The number of carbonyl (C=O) groups is 2. The molecule has 3 heterocycles. The molecule has 198 valence electrons. The number of aromatic nitrogens is 3. The van der Waals surface area contributed by atoms with E-state index < -0.39 is 5.97 Å². The van der Waals surface area contributed by atoms with Crippen LogP contribution in [0.4, 0.5) is 5.69 Å². The van der Waals surface area contributed by atoms with Gasteiger partial charge in [0.25, 0.3) is 0 Å². The molecule has 1 atom stereocenters. The van der Waals surface area contributed by atoms with Gasteiger partial charge in [-0.05, 0) is 56.2 Å². The number of rotatable bonds is 8. The van der Waals surface area contributed by atoms with E-state index in [-0.39, 0.29) is 22.7 Å². The normalized spacial score (nSPS) is 18.4. The van der Waals surface area contributed by atoms with Crippen LogP contribution in [0.1, 0.15) is 49.2 Å². The highest BCUT2D eigenvalue weighted by Gasteiger charge is 2.34. The summed E-state index contributed by atoms with van der Waals surface area (Å²) in [4.78, 5) is 33.1. The molecule has 38 heavy (non-hydrogen) atoms. The molecule has 0 bridgehead atoms. The highest BCUT2D eigenvalue weighted by molar-refractivity contribution is 7.18. The number of nitrogens with zero attached hydrogens (tertiary/aromatic N) is 4. The van der Waals surface area contributed by atoms with Gasteiger partial charge in [-0.15, -0.1) is 11.3 Å². The van der Waals surface area contributed by atoms with Crippen LogP contribution in [-0.2, 0) is 9.53 Å². The highest BCUT2D eigenvalue weighted by Crippen LogP contribution is 2.40. The van der Waals surface area contributed by atoms with Crippen LogP contribution in [0, 0.1) is 11.8 Å². The molecular formula is C29H32N4O4S. The SMILES string of the molecule is COCC(C)N(C(=O)C1CCC(C)CC1)c1cc(-c2ccc(-c3cc4ncccn4n3)cc2)sc1C(=O)O. The summed E-state index contributed by atoms with van der Waals surface area (Å²) < 4.78 is 7.11. The summed E-state index contributed by atoms with van der Waals surface area (Å²) in [5.41, 5.74) is 3.84. The molecule has 0 spiro atoms. The molecule has 5 rings (SSSR count). The lowest BCUT2D eigenvalue weighted by atomic mass is 9.82. The number of benzene rings is 1. The molecule has 0 radical (unpaired) electrons. The molecule has 1 aliphatic rings. The van der Waals surface area contributed by atoms with Crippen LogP contribution in [0.3, 0.4) is 0 Å². The summed E-state index contributed by atoms with van der Waals surface area (Å²) in [7, 11) is 1.60. The summed E-state index contributed by atoms with van der Waals surface area (Å²) in [5, 5.41) is 14.7. The molecule has 8 nitrogen and oxygen atoms in total. The van der Waals surface area contributed by atoms with Crippen molar-refractivity contribution in [2.24, 2.45) is 11.8 Å². The molecule has 4 aromatic rings. The van der Waals surface area contributed by atoms with Gasteiger partial charge in [0, 0.05) is 41.9 Å². The second-order valence-corrected chi connectivity index (χ2v) is 11.2. The summed E-state index contributed by atoms with van der Waals surface area (Å²) in [6.45, 7) is 4.45. The standard InChI is InChI=1S/C29H32N4O4S/c1-18-5-7-22(8-6-18)28(34)33(19(2)17-37-3)24-16-25(38-27(24)29(35)36)21-11-9-20(10-12-21)23-15-26-30-13-4-14-32(26)31-23/h4,9-16,18-19,22H,5-8,17H2,1-3H3,(H,35,36). The molecule has 1 fully saturated rings. The smallest absolute Gasteiger partial charge is 0.348 e. The van der Waals surface area contributed by atoms with Crippen LogP contribution < -0.4 is 4.90 Å². The van der Waals surface area contributed by atoms with E-state index in [1.165, 1.54) is 11.3 Å². The maximum atomic E-state index is 13.8. The average Bonchev–Trinajstić information content (AvgIpc) is 3.55. The first-order valence-corrected chi connectivity index (χ1v) is 13.8. The van der Waals surface area contributed by atoms with Crippen molar-refractivity contribution in [2.75, 3.05) is 18.6 Å². The number of anilines is 1. The van der Waals surface area contributed by atoms with Gasteiger partial charge in [0.15, 0.2) is 5.65 Å². The molecule has 9 heteroatoms. The minimum Gasteiger partial charge on any atom is -0.477 e. The van der Waals surface area contributed by atoms with Gasteiger partial charge in [-0.25, -0.2) is 14.3 Å². The fourth-order valence-corrected chi connectivity index (χ4v) is 6.22. The van der Waals surface area contributed by atoms with E-state index in [0.717, 1.165) is 53.0 Å². The first kappa shape index (κ1) is 26.1. The number of hydrogen-bond acceptors (Lipinski definition) is 6. The summed E-state index contributed by atoms with van der Waals surface area (Å²) in [5.74, 6) is -0.533. The van der Waals surface area contributed by atoms with Crippen molar-refractivity contribution in [1.29, 1.82) is 0 Å². The summed E-state index contributed by atoms with van der Waals surface area (Å²) in [6, 6.07) is 13.2. The molecule has 1 saturated carbocycles. The number of methoxy groups -OCH3 is 1. The van der Waals surface area contributed by atoms with Crippen molar-refractivity contribution in [3.8, 4) is 21.7 Å². The Morgan fingerprint density at radius 3 is 2.53 bits per heavy atom. The fourth-order valence-electron chi connectivity index (χ4n) is 5.23. The molecule has 1 N–H and O–H groups in total. The van der Waals surface area contributed by atoms with Gasteiger partial charge in [-0.3, -0.25) is 4.79 Å². The predicted molar refractivity (Wildman–Crippen MR) is 149 cm³/mol. The number of fused-ring (bicyclic) bond motifs is 1. The number of ether oxygens (including phenoxy) is 1. The van der Waals surface area contributed by atoms with E-state index in [0.29, 0.717) is 18.2 Å². The largest absolute Gasteiger partial charge is 0.477 e. The quantitative estimate of drug-likeness (QED) is 0.298. The topological polar surface area (TPSA) is 97.0 Å². The van der Waals surface area contributed by atoms with Crippen molar-refractivity contribution < 1.29 is 19.4 Å². The Labute approximate surface area is 225 Å². The molecule has 1 aliphatic carbocycles. The zero-order chi connectivity index (χ0) is 26.8. The third-order valence-corrected chi connectivity index (χ3v) is 8.48. The van der Waals surface area contributed by atoms with Crippen molar-refractivity contribution >= 4 is 34.5 Å². The Morgan fingerprint density at radius 1 is 1.16 bits per heavy atom. The van der Waals surface area contributed by atoms with Gasteiger partial charge in [-0.2, -0.15) is 5.10 Å². The Kier molecular flexibility index (Phi) is 7.58. The van der Waals surface area contributed by atoms with Gasteiger partial charge in [0.2, 0.25) is 5.91 Å². The zero-order valence-electron chi connectivity index (χ0n) is 21.8. The van der Waals surface area contributed by atoms with Crippen molar-refractivity contribution in [2.45, 2.75) is 45.6 Å². The molecule has 1 amide bonds. The molecule has 0 aliphatic heterocycles. The maximum Gasteiger partial charge on any atom is 0.348 e. The summed E-state index contributed by atoms with van der Waals surface area (Å²) in [6.07, 6.45) is 7.27. The number of amides is 1. The maximum absolute atomic E-state index is 13.8. The molecule has 0 saturated heterocycles. The van der Waals surface area contributed by atoms with Crippen molar-refractivity contribution in [1.82, 2.24) is 14.6 Å². The zero-order valence-corrected chi connectivity index (χ0v) is 22.6. The van der Waals surface area contributed by atoms with Gasteiger partial charge in [0.05, 0.1) is 24.0 Å². The summed E-state index contributed by atoms with van der Waals surface area (Å²) >= 11 is 1.19. The van der Waals surface area contributed by atoms with E-state index in [1.807, 2.05) is 55.6 Å². The van der Waals surface area contributed by atoms with Gasteiger partial charge in [0.1, 0.15) is 4.88 Å². The number of carboxylic acids is 1. The van der Waals surface area contributed by atoms with E-state index in [4.69, 9.17) is 4.74 Å². The van der Waals surface area contributed by atoms with Crippen LogP contribution >= 0.6 is 11.3 Å². The van der Waals surface area contributed by atoms with E-state index >= 15 is 0 Å². The number of hydrogen-bond donors (Lipinski definition) is 1. The average molecular weight is 533 g/mol. The predicted octanol–water partition coefficient (Wildman–Crippen LogP) is 6.02. The second kappa shape index (κ2) is 11.0. The third kappa shape index (κ3) is 5.21. The number of aromatic carboxylic acids is 1. The van der Waals surface area contributed by atoms with E-state index in [1.54, 1.807) is 22.7 Å². The minimum absolute atomic E-state index is 0.0101. The van der Waals surface area contributed by atoms with Crippen molar-refractivity contribution in [3.05, 3.63) is 59.7 Å². The van der Waals surface area contributed by atoms with Crippen LogP contribution in [0.15, 0.2) is 54.9 Å². The van der Waals surface area contributed by atoms with Crippen LogP contribution in [-0.4, -0.2) is 51.3 Å². The van der Waals surface area contributed by atoms with Gasteiger partial charge in [-0.1, -0.05) is 31.2 Å². The molecule has 3 aromatic heterocycles. The monoisotopic (exact) mass is 532 g/mol. The lowest BCUT2D eigenvalue weighted by Crippen LogP contribution is -2.45. The lowest BCUT2D eigenvalue weighted by Gasteiger charge is -2.34. The molecular weight excluding hydrogens is 500 g/mol. The molecule has 1 unspecified atom stereocenters. The Bertz CT molecular complexity index is 1400. The Hall–Kier alpha value is -3.56. The molecule has 1 aromatic carbocycles. The van der Waals surface area contributed by atoms with Crippen LogP contribution in [0.2, 0.25) is 0 Å².